The summed E-state index contributed by atoms with van der Waals surface area (Å²) in [5, 5.41) is 0. The summed E-state index contributed by atoms with van der Waals surface area (Å²) >= 11 is 0. The lowest BCUT2D eigenvalue weighted by molar-refractivity contribution is -0.0981. The van der Waals surface area contributed by atoms with Gasteiger partial charge in [0.1, 0.15) is 5.75 Å². The summed E-state index contributed by atoms with van der Waals surface area (Å²) < 4.78 is 45.1. The van der Waals surface area contributed by atoms with Gasteiger partial charge in [-0.3, -0.25) is 4.55 Å². The Kier molecular flexibility index (Phi) is 4.43. The van der Waals surface area contributed by atoms with Gasteiger partial charge in [-0.1, -0.05) is 0 Å². The van der Waals surface area contributed by atoms with E-state index >= 15 is 0 Å². The average Bonchev–Trinajstić information content (AvgIpc) is 2.60. The maximum absolute atomic E-state index is 11.6. The fraction of sp³-hybridized carbons (Fsp3) is 0.600. The van der Waals surface area contributed by atoms with E-state index in [0.29, 0.717) is 18.0 Å². The molecule has 1 heterocycles. The van der Waals surface area contributed by atoms with Crippen LogP contribution in [0, 0.1) is 0 Å². The van der Waals surface area contributed by atoms with Crippen LogP contribution in [0.1, 0.15) is 40.2 Å². The Hall–Kier alpha value is -1.31. The first kappa shape index (κ1) is 17.1. The van der Waals surface area contributed by atoms with E-state index < -0.39 is 28.1 Å². The zero-order valence-electron chi connectivity index (χ0n) is 13.5. The highest BCUT2D eigenvalue weighted by molar-refractivity contribution is 7.87. The van der Waals surface area contributed by atoms with Crippen LogP contribution in [-0.2, 0) is 20.5 Å². The third-order valence-corrected chi connectivity index (χ3v) is 4.90. The Morgan fingerprint density at radius 1 is 1.41 bits per heavy atom. The lowest BCUT2D eigenvalue weighted by Gasteiger charge is -2.27. The third kappa shape index (κ3) is 2.93. The molecule has 0 fully saturated rings. The van der Waals surface area contributed by atoms with Crippen molar-refractivity contribution in [2.24, 2.45) is 0 Å². The van der Waals surface area contributed by atoms with E-state index in [1.807, 2.05) is 20.8 Å². The van der Waals surface area contributed by atoms with Crippen molar-refractivity contribution in [2.45, 2.75) is 52.4 Å². The van der Waals surface area contributed by atoms with Gasteiger partial charge in [0.25, 0.3) is 0 Å². The number of anilines is 1. The van der Waals surface area contributed by atoms with E-state index in [0.717, 1.165) is 9.87 Å². The molecule has 1 aliphatic rings. The van der Waals surface area contributed by atoms with Crippen molar-refractivity contribution < 1.29 is 22.4 Å². The zero-order chi connectivity index (χ0) is 16.7. The minimum atomic E-state index is -4.33. The first-order valence-corrected chi connectivity index (χ1v) is 8.68. The predicted octanol–water partition coefficient (Wildman–Crippen LogP) is 2.74. The van der Waals surface area contributed by atoms with Crippen LogP contribution >= 0.6 is 0 Å². The second-order valence-corrected chi connectivity index (χ2v) is 7.46. The Balaban J connectivity index is 2.48. The summed E-state index contributed by atoms with van der Waals surface area (Å²) in [7, 11) is -4.33. The van der Waals surface area contributed by atoms with Gasteiger partial charge >= 0.3 is 10.3 Å². The SMILES string of the molecule is CCOC1Oc2ccc(N(C(C)C)S(=O)(=O)O)cc2C1(C)C. The Labute approximate surface area is 131 Å². The molecule has 1 aliphatic heterocycles. The van der Waals surface area contributed by atoms with Gasteiger partial charge in [-0.15, -0.1) is 0 Å². The average molecular weight is 329 g/mol. The van der Waals surface area contributed by atoms with Gasteiger partial charge < -0.3 is 9.47 Å². The molecule has 0 saturated carbocycles. The first-order chi connectivity index (χ1) is 10.1. The van der Waals surface area contributed by atoms with Crippen LogP contribution in [0.3, 0.4) is 0 Å². The highest BCUT2D eigenvalue weighted by Crippen LogP contribution is 2.45. The summed E-state index contributed by atoms with van der Waals surface area (Å²) in [6.45, 7) is 9.79. The molecule has 1 atom stereocenters. The standard InChI is InChI=1S/C15H23NO5S/c1-6-20-14-15(4,5)12-9-11(7-8-13(12)21-14)16(10(2)3)22(17,18)19/h7-10,14H,6H2,1-5H3,(H,17,18,19). The zero-order valence-corrected chi connectivity index (χ0v) is 14.3. The van der Waals surface area contributed by atoms with Crippen molar-refractivity contribution >= 4 is 16.0 Å². The molecule has 0 spiro atoms. The van der Waals surface area contributed by atoms with Crippen LogP contribution in [0.25, 0.3) is 0 Å². The number of hydrogen-bond acceptors (Lipinski definition) is 4. The van der Waals surface area contributed by atoms with Gasteiger partial charge in [-0.2, -0.15) is 8.42 Å². The van der Waals surface area contributed by atoms with Crippen molar-refractivity contribution in [3.05, 3.63) is 23.8 Å². The van der Waals surface area contributed by atoms with Gasteiger partial charge in [0.2, 0.25) is 6.29 Å². The first-order valence-electron chi connectivity index (χ1n) is 7.28. The summed E-state index contributed by atoms with van der Waals surface area (Å²) in [6, 6.07) is 4.67. The van der Waals surface area contributed by atoms with Crippen molar-refractivity contribution in [3.63, 3.8) is 0 Å². The smallest absolute Gasteiger partial charge is 0.360 e. The lowest BCUT2D eigenvalue weighted by atomic mass is 9.85. The van der Waals surface area contributed by atoms with Crippen molar-refractivity contribution in [1.29, 1.82) is 0 Å². The molecule has 2 rings (SSSR count). The molecular formula is C15H23NO5S. The molecule has 6 nitrogen and oxygen atoms in total. The number of nitrogens with zero attached hydrogens (tertiary/aromatic N) is 1. The van der Waals surface area contributed by atoms with E-state index in [2.05, 4.69) is 0 Å². The predicted molar refractivity (Wildman–Crippen MR) is 84.7 cm³/mol. The minimum Gasteiger partial charge on any atom is -0.464 e. The third-order valence-electron chi connectivity index (χ3n) is 3.77. The maximum atomic E-state index is 11.6. The van der Waals surface area contributed by atoms with Crippen LogP contribution < -0.4 is 9.04 Å². The number of ether oxygens (including phenoxy) is 2. The van der Waals surface area contributed by atoms with Gasteiger partial charge in [0.15, 0.2) is 0 Å². The molecule has 0 bridgehead atoms. The highest BCUT2D eigenvalue weighted by Gasteiger charge is 2.43. The normalized spacial score (nSPS) is 19.9. The van der Waals surface area contributed by atoms with E-state index in [1.165, 1.54) is 0 Å². The fourth-order valence-electron chi connectivity index (χ4n) is 2.74. The molecule has 1 unspecified atom stereocenters. The number of fused-ring (bicyclic) bond motifs is 1. The molecule has 1 aromatic rings. The molecule has 0 aromatic heterocycles. The van der Waals surface area contributed by atoms with E-state index in [-0.39, 0.29) is 0 Å². The molecule has 0 amide bonds. The van der Waals surface area contributed by atoms with Gasteiger partial charge in [-0.25, -0.2) is 4.31 Å². The minimum absolute atomic E-state index is 0.402. The van der Waals surface area contributed by atoms with Crippen LogP contribution in [-0.4, -0.2) is 31.9 Å². The van der Waals surface area contributed by atoms with Crippen LogP contribution in [0.2, 0.25) is 0 Å². The molecule has 0 saturated heterocycles. The van der Waals surface area contributed by atoms with Gasteiger partial charge in [0.05, 0.1) is 11.1 Å². The van der Waals surface area contributed by atoms with E-state index in [1.54, 1.807) is 32.0 Å². The Morgan fingerprint density at radius 2 is 2.05 bits per heavy atom. The molecule has 1 N–H and O–H groups in total. The van der Waals surface area contributed by atoms with Crippen molar-refractivity contribution in [1.82, 2.24) is 0 Å². The quantitative estimate of drug-likeness (QED) is 0.841. The van der Waals surface area contributed by atoms with Crippen molar-refractivity contribution in [2.75, 3.05) is 10.9 Å². The van der Waals surface area contributed by atoms with Crippen LogP contribution in [0.4, 0.5) is 5.69 Å². The summed E-state index contributed by atoms with van der Waals surface area (Å²) in [5.74, 6) is 0.672. The van der Waals surface area contributed by atoms with E-state index in [4.69, 9.17) is 9.47 Å². The van der Waals surface area contributed by atoms with Gasteiger partial charge in [0, 0.05) is 18.2 Å². The number of benzene rings is 1. The topological polar surface area (TPSA) is 76.1 Å². The fourth-order valence-corrected chi connectivity index (χ4v) is 3.66. The maximum Gasteiger partial charge on any atom is 0.360 e. The Bertz CT molecular complexity index is 654. The van der Waals surface area contributed by atoms with Gasteiger partial charge in [-0.05, 0) is 52.8 Å². The highest BCUT2D eigenvalue weighted by atomic mass is 32.2. The monoisotopic (exact) mass is 329 g/mol. The molecule has 0 radical (unpaired) electrons. The summed E-state index contributed by atoms with van der Waals surface area (Å²) in [4.78, 5) is 0. The summed E-state index contributed by atoms with van der Waals surface area (Å²) in [5.41, 5.74) is 0.853. The molecule has 124 valence electrons. The second-order valence-electron chi connectivity index (χ2n) is 6.17. The molecular weight excluding hydrogens is 306 g/mol. The molecule has 22 heavy (non-hydrogen) atoms. The van der Waals surface area contributed by atoms with Crippen LogP contribution in [0.15, 0.2) is 18.2 Å². The Morgan fingerprint density at radius 3 is 2.55 bits per heavy atom. The van der Waals surface area contributed by atoms with Crippen LogP contribution in [0.5, 0.6) is 5.75 Å². The summed E-state index contributed by atoms with van der Waals surface area (Å²) in [6.07, 6.45) is -0.416. The largest absolute Gasteiger partial charge is 0.464 e. The molecule has 1 aromatic carbocycles. The number of rotatable bonds is 5. The number of hydrogen-bond donors (Lipinski definition) is 1. The molecule has 0 aliphatic carbocycles. The second kappa shape index (κ2) is 5.72. The lowest BCUT2D eigenvalue weighted by Crippen LogP contribution is -2.37. The van der Waals surface area contributed by atoms with Crippen molar-refractivity contribution in [3.8, 4) is 5.75 Å². The van der Waals surface area contributed by atoms with E-state index in [9.17, 15) is 13.0 Å². The molecule has 7 heteroatoms.